The van der Waals surface area contributed by atoms with Gasteiger partial charge in [0.1, 0.15) is 0 Å². The Bertz CT molecular complexity index is 2150. The first-order valence-electron chi connectivity index (χ1n) is 31.6. The zero-order chi connectivity index (χ0) is 63.0. The maximum absolute atomic E-state index is 7.33. The van der Waals surface area contributed by atoms with E-state index in [-0.39, 0.29) is 0 Å². The average Bonchev–Trinajstić information content (AvgIpc) is 3.59. The fourth-order valence-corrected chi connectivity index (χ4v) is 48.4. The highest BCUT2D eigenvalue weighted by atomic mass is 28.4. The molecule has 3 rings (SSSR count). The first-order chi connectivity index (χ1) is 39.3. The monoisotopic (exact) mass is 1340 g/mol. The van der Waals surface area contributed by atoms with Crippen molar-refractivity contribution in [3.8, 4) is 0 Å². The summed E-state index contributed by atoms with van der Waals surface area (Å²) in [5, 5.41) is 0. The maximum atomic E-state index is 7.33. The maximum Gasteiger partial charge on any atom is 0.500 e. The molecule has 12 nitrogen and oxygen atoms in total. The van der Waals surface area contributed by atoms with Crippen LogP contribution < -0.4 is 0 Å². The second kappa shape index (κ2) is 35.8. The molecule has 0 radical (unpaired) electrons. The average molecular weight is 1340 g/mol. The quantitative estimate of drug-likeness (QED) is 0.0397. The molecule has 0 atom stereocenters. The summed E-state index contributed by atoms with van der Waals surface area (Å²) >= 11 is 0. The number of unbranched alkanes of at least 4 members (excludes halogenated alkanes) is 1. The number of hydrogen-bond acceptors (Lipinski definition) is 12. The summed E-state index contributed by atoms with van der Waals surface area (Å²) in [5.41, 5.74) is 8.03. The zero-order valence-electron chi connectivity index (χ0n) is 57.4. The van der Waals surface area contributed by atoms with Crippen molar-refractivity contribution in [3.63, 3.8) is 0 Å². The Balaban J connectivity index is 1.62. The molecule has 0 saturated carbocycles. The molecule has 0 heterocycles. The lowest BCUT2D eigenvalue weighted by Gasteiger charge is -2.37. The lowest BCUT2D eigenvalue weighted by Crippen LogP contribution is -2.45. The van der Waals surface area contributed by atoms with Crippen LogP contribution in [0.5, 0.6) is 0 Å². The van der Waals surface area contributed by atoms with Crippen molar-refractivity contribution in [1.82, 2.24) is 0 Å². The molecule has 0 unspecified atom stereocenters. The Hall–Kier alpha value is -0.651. The van der Waals surface area contributed by atoms with Crippen LogP contribution in [-0.2, 0) is 90.7 Å². The largest absolute Gasteiger partial charge is 0.500 e. The third-order valence-electron chi connectivity index (χ3n) is 17.7. The van der Waals surface area contributed by atoms with E-state index in [1.807, 2.05) is 0 Å². The SMILES string of the molecule is CO[Si](CCc1ccc(CC[Si](C)(C)O[Si](C)(C)CCCC[Si](C)(CCC[Si](C)(C)O[Si](C)(C)CCc2ccc(CC[Si](OC)(OC)OC)cc2)CCC[Si](C)(C)O[Si](C)(C)CCc2ccc(CC[Si](OC)(OC)OC)cc2)cc1)(OC)OC. The second-order valence-corrected chi connectivity index (χ2v) is 68.9. The Kier molecular flexibility index (Phi) is 33.1. The molecule has 0 aromatic heterocycles. The molecule has 0 spiro atoms. The van der Waals surface area contributed by atoms with Crippen LogP contribution in [0.1, 0.15) is 59.1 Å². The number of benzene rings is 3. The van der Waals surface area contributed by atoms with Gasteiger partial charge in [-0.2, -0.15) is 0 Å². The van der Waals surface area contributed by atoms with Gasteiger partial charge < -0.3 is 52.2 Å². The van der Waals surface area contributed by atoms with E-state index in [2.05, 4.69) is 158 Å². The van der Waals surface area contributed by atoms with Gasteiger partial charge in [-0.05, 0) is 187 Å². The number of hydrogen-bond donors (Lipinski definition) is 0. The highest BCUT2D eigenvalue weighted by Gasteiger charge is 2.41. The predicted molar refractivity (Wildman–Crippen MR) is 378 cm³/mol. The predicted octanol–water partition coefficient (Wildman–Crippen LogP) is 16.9. The van der Waals surface area contributed by atoms with E-state index in [4.69, 9.17) is 52.2 Å². The smallest absolute Gasteiger partial charge is 0.455 e. The topological polar surface area (TPSA) is 111 Å². The molecule has 482 valence electrons. The minimum atomic E-state index is -2.59. The molecule has 0 fully saturated rings. The summed E-state index contributed by atoms with van der Waals surface area (Å²) in [6, 6.07) is 41.0. The summed E-state index contributed by atoms with van der Waals surface area (Å²) in [6.45, 7) is 32.4. The van der Waals surface area contributed by atoms with Gasteiger partial charge in [0.2, 0.25) is 0 Å². The molecule has 0 saturated heterocycles. The van der Waals surface area contributed by atoms with E-state index in [1.165, 1.54) is 95.3 Å². The molecule has 0 amide bonds. The van der Waals surface area contributed by atoms with E-state index < -0.39 is 84.4 Å². The van der Waals surface area contributed by atoms with Gasteiger partial charge in [0.25, 0.3) is 0 Å². The van der Waals surface area contributed by atoms with E-state index >= 15 is 0 Å². The molecule has 0 aliphatic heterocycles. The Morgan fingerprint density at radius 2 is 0.381 bits per heavy atom. The van der Waals surface area contributed by atoms with Gasteiger partial charge in [0, 0.05) is 82.1 Å². The molecular formula is C62H122O12Si10. The van der Waals surface area contributed by atoms with Crippen molar-refractivity contribution in [3.05, 3.63) is 106 Å². The van der Waals surface area contributed by atoms with Crippen molar-refractivity contribution >= 4 is 84.4 Å². The van der Waals surface area contributed by atoms with Crippen LogP contribution in [0.25, 0.3) is 0 Å². The standard InChI is InChI=1S/C62H122O12Si10/c1-63-82(64-2,65-3)54-42-60-33-27-57(28-34-60)39-51-78(16,17)72-75(10,11)45-23-24-48-81(22,49-25-46-76(12,13)73-79(18,19)52-40-58-29-35-61(36-30-58)43-55-83(66-4,67-5)68-6)50-26-47-77(14,15)74-80(20,21)53-41-59-31-37-62(38-32-59)44-56-84(69-7,70-8)71-9/h27-38H,23-26,39-56H2,1-22H3. The number of aryl methyl sites for hydroxylation is 6. The van der Waals surface area contributed by atoms with Crippen LogP contribution in [-0.4, -0.2) is 148 Å². The Morgan fingerprint density at radius 3 is 0.595 bits per heavy atom. The van der Waals surface area contributed by atoms with E-state index in [0.29, 0.717) is 0 Å². The molecule has 0 N–H and O–H groups in total. The zero-order valence-corrected chi connectivity index (χ0v) is 67.4. The summed E-state index contributed by atoms with van der Waals surface area (Å²) in [4.78, 5) is 0. The second-order valence-electron chi connectivity index (χ2n) is 27.9. The molecule has 3 aromatic rings. The van der Waals surface area contributed by atoms with Crippen LogP contribution in [0, 0.1) is 0 Å². The Labute approximate surface area is 525 Å². The van der Waals surface area contributed by atoms with Gasteiger partial charge in [-0.25, -0.2) is 0 Å². The van der Waals surface area contributed by atoms with Gasteiger partial charge in [0.15, 0.2) is 49.9 Å². The lowest BCUT2D eigenvalue weighted by molar-refractivity contribution is 0.123. The third-order valence-corrected chi connectivity index (χ3v) is 52.8. The van der Waals surface area contributed by atoms with Crippen LogP contribution in [0.4, 0.5) is 0 Å². The van der Waals surface area contributed by atoms with Crippen molar-refractivity contribution in [2.24, 2.45) is 0 Å². The van der Waals surface area contributed by atoms with Gasteiger partial charge in [-0.3, -0.25) is 0 Å². The minimum Gasteiger partial charge on any atom is -0.455 e. The summed E-state index contributed by atoms with van der Waals surface area (Å²) in [7, 11) is -5.44. The first-order valence-corrected chi connectivity index (χ1v) is 59.2. The van der Waals surface area contributed by atoms with Crippen LogP contribution >= 0.6 is 0 Å². The van der Waals surface area contributed by atoms with Gasteiger partial charge >= 0.3 is 26.4 Å². The lowest BCUT2D eigenvalue weighted by atomic mass is 10.1. The summed E-state index contributed by atoms with van der Waals surface area (Å²) in [5.74, 6) is 0. The van der Waals surface area contributed by atoms with Crippen molar-refractivity contribution in [1.29, 1.82) is 0 Å². The van der Waals surface area contributed by atoms with Crippen LogP contribution in [0.2, 0.25) is 158 Å². The van der Waals surface area contributed by atoms with Crippen molar-refractivity contribution in [2.45, 2.75) is 222 Å². The first kappa shape index (κ1) is 77.6. The number of rotatable bonds is 46. The van der Waals surface area contributed by atoms with Crippen molar-refractivity contribution < 1.29 is 52.2 Å². The van der Waals surface area contributed by atoms with Crippen LogP contribution in [0.3, 0.4) is 0 Å². The summed E-state index contributed by atoms with van der Waals surface area (Å²) < 4.78 is 72.9. The summed E-state index contributed by atoms with van der Waals surface area (Å²) in [6.07, 6.45) is 11.0. The van der Waals surface area contributed by atoms with Crippen LogP contribution in [0.15, 0.2) is 72.8 Å². The van der Waals surface area contributed by atoms with E-state index in [0.717, 1.165) is 74.8 Å². The molecule has 0 bridgehead atoms. The van der Waals surface area contributed by atoms with Crippen molar-refractivity contribution in [2.75, 3.05) is 64.0 Å². The Morgan fingerprint density at radius 1 is 0.214 bits per heavy atom. The molecule has 84 heavy (non-hydrogen) atoms. The van der Waals surface area contributed by atoms with Gasteiger partial charge in [-0.15, -0.1) is 0 Å². The third kappa shape index (κ3) is 28.7. The van der Waals surface area contributed by atoms with Gasteiger partial charge in [0.05, 0.1) is 8.07 Å². The highest BCUT2D eigenvalue weighted by Crippen LogP contribution is 2.35. The molecule has 0 aliphatic rings. The van der Waals surface area contributed by atoms with E-state index in [9.17, 15) is 0 Å². The minimum absolute atomic E-state index is 0.766. The fourth-order valence-electron chi connectivity index (χ4n) is 12.4. The normalized spacial score (nSPS) is 13.8. The fraction of sp³-hybridized carbons (Fsp3) is 0.710. The molecular weight excluding hydrogens is 1220 g/mol. The van der Waals surface area contributed by atoms with Gasteiger partial charge in [-0.1, -0.05) is 123 Å². The molecule has 3 aromatic carbocycles. The molecule has 0 aliphatic carbocycles. The molecule has 22 heteroatoms. The van der Waals surface area contributed by atoms with E-state index in [1.54, 1.807) is 64.0 Å². The highest BCUT2D eigenvalue weighted by molar-refractivity contribution is 6.86.